The molecule has 132 valence electrons. The van der Waals surface area contributed by atoms with Crippen LogP contribution in [0.1, 0.15) is 17.0 Å². The summed E-state index contributed by atoms with van der Waals surface area (Å²) >= 11 is 0. The first-order valence-corrected chi connectivity index (χ1v) is 8.65. The topological polar surface area (TPSA) is 71.3 Å². The van der Waals surface area contributed by atoms with Gasteiger partial charge in [0.15, 0.2) is 0 Å². The molecular weight excluding hydrogens is 328 g/mol. The van der Waals surface area contributed by atoms with Gasteiger partial charge in [-0.1, -0.05) is 59.8 Å². The molecule has 1 N–H and O–H groups in total. The monoisotopic (exact) mass is 348 g/mol. The van der Waals surface area contributed by atoms with Crippen LogP contribution >= 0.6 is 0 Å². The molecule has 1 aliphatic rings. The van der Waals surface area contributed by atoms with Crippen molar-refractivity contribution in [1.82, 2.24) is 20.4 Å². The van der Waals surface area contributed by atoms with Gasteiger partial charge >= 0.3 is 0 Å². The second-order valence-corrected chi connectivity index (χ2v) is 6.39. The third-order valence-electron chi connectivity index (χ3n) is 4.73. The molecule has 4 rings (SSSR count). The molecule has 26 heavy (non-hydrogen) atoms. The van der Waals surface area contributed by atoms with Crippen LogP contribution in [0.4, 0.5) is 0 Å². The van der Waals surface area contributed by atoms with Crippen LogP contribution in [0, 0.1) is 0 Å². The maximum absolute atomic E-state index is 12.4. The standard InChI is InChI=1S/C20H20N4O2/c1-21-20(25)17-11-15-9-5-6-10-16(15)12-24(17)13-18-22-19(23-26-18)14-7-3-2-4-8-14/h2-10,17H,11-13H2,1H3,(H,21,25)/t17-/m1/s1. The fourth-order valence-corrected chi connectivity index (χ4v) is 3.37. The number of rotatable bonds is 4. The highest BCUT2D eigenvalue weighted by atomic mass is 16.5. The summed E-state index contributed by atoms with van der Waals surface area (Å²) in [5, 5.41) is 6.84. The molecule has 0 saturated carbocycles. The van der Waals surface area contributed by atoms with Crippen LogP contribution in [0.25, 0.3) is 11.4 Å². The number of carbonyl (C=O) groups is 1. The Hall–Kier alpha value is -2.99. The van der Waals surface area contributed by atoms with E-state index >= 15 is 0 Å². The van der Waals surface area contributed by atoms with Gasteiger partial charge in [0.1, 0.15) is 0 Å². The van der Waals surface area contributed by atoms with Gasteiger partial charge in [0.2, 0.25) is 17.6 Å². The van der Waals surface area contributed by atoms with Crippen molar-refractivity contribution in [2.24, 2.45) is 0 Å². The number of likely N-dealkylation sites (N-methyl/N-ethyl adjacent to an activating group) is 1. The molecule has 1 amide bonds. The number of hydrogen-bond donors (Lipinski definition) is 1. The lowest BCUT2D eigenvalue weighted by Gasteiger charge is -2.34. The summed E-state index contributed by atoms with van der Waals surface area (Å²) in [5.74, 6) is 1.08. The molecule has 0 unspecified atom stereocenters. The minimum atomic E-state index is -0.248. The lowest BCUT2D eigenvalue weighted by atomic mass is 9.93. The second kappa shape index (κ2) is 7.09. The molecule has 1 atom stereocenters. The van der Waals surface area contributed by atoms with Crippen molar-refractivity contribution in [3.63, 3.8) is 0 Å². The molecule has 1 aromatic heterocycles. The third-order valence-corrected chi connectivity index (χ3v) is 4.73. The molecule has 0 fully saturated rings. The van der Waals surface area contributed by atoms with Crippen LogP contribution in [0.3, 0.4) is 0 Å². The van der Waals surface area contributed by atoms with Gasteiger partial charge in [-0.3, -0.25) is 9.69 Å². The van der Waals surface area contributed by atoms with Crippen molar-refractivity contribution in [2.45, 2.75) is 25.6 Å². The van der Waals surface area contributed by atoms with Crippen molar-refractivity contribution in [2.75, 3.05) is 7.05 Å². The Morgan fingerprint density at radius 3 is 2.65 bits per heavy atom. The number of fused-ring (bicyclic) bond motifs is 1. The molecule has 0 spiro atoms. The predicted molar refractivity (Wildman–Crippen MR) is 97.0 cm³/mol. The van der Waals surface area contributed by atoms with Gasteiger partial charge in [0.05, 0.1) is 12.6 Å². The number of aromatic nitrogens is 2. The van der Waals surface area contributed by atoms with E-state index in [1.54, 1.807) is 7.05 Å². The third kappa shape index (κ3) is 3.23. The first-order valence-electron chi connectivity index (χ1n) is 8.65. The SMILES string of the molecule is CNC(=O)[C@H]1Cc2ccccc2CN1Cc1nc(-c2ccccc2)no1. The van der Waals surface area contributed by atoms with Gasteiger partial charge in [-0.05, 0) is 17.5 Å². The molecule has 1 aliphatic heterocycles. The van der Waals surface area contributed by atoms with Crippen LogP contribution < -0.4 is 5.32 Å². The molecule has 0 radical (unpaired) electrons. The highest BCUT2D eigenvalue weighted by Crippen LogP contribution is 2.25. The quantitative estimate of drug-likeness (QED) is 0.784. The summed E-state index contributed by atoms with van der Waals surface area (Å²) in [5.41, 5.74) is 3.36. The van der Waals surface area contributed by atoms with E-state index in [1.807, 2.05) is 42.5 Å². The fraction of sp³-hybridized carbons (Fsp3) is 0.250. The highest BCUT2D eigenvalue weighted by Gasteiger charge is 2.32. The summed E-state index contributed by atoms with van der Waals surface area (Å²) in [6.45, 7) is 1.11. The van der Waals surface area contributed by atoms with E-state index in [-0.39, 0.29) is 11.9 Å². The molecule has 2 heterocycles. The Labute approximate surface area is 151 Å². The second-order valence-electron chi connectivity index (χ2n) is 6.39. The zero-order valence-electron chi connectivity index (χ0n) is 14.6. The van der Waals surface area contributed by atoms with Crippen LogP contribution in [0.5, 0.6) is 0 Å². The van der Waals surface area contributed by atoms with Gasteiger partial charge in [0.25, 0.3) is 0 Å². The molecule has 3 aromatic rings. The maximum atomic E-state index is 12.4. The van der Waals surface area contributed by atoms with E-state index in [9.17, 15) is 4.79 Å². The van der Waals surface area contributed by atoms with Crippen LogP contribution in [0.15, 0.2) is 59.1 Å². The minimum Gasteiger partial charge on any atom is -0.358 e. The number of carbonyl (C=O) groups excluding carboxylic acids is 1. The van der Waals surface area contributed by atoms with Gasteiger partial charge in [0, 0.05) is 19.2 Å². The smallest absolute Gasteiger partial charge is 0.241 e. The van der Waals surface area contributed by atoms with Gasteiger partial charge < -0.3 is 9.84 Å². The lowest BCUT2D eigenvalue weighted by Crippen LogP contribution is -2.49. The number of amides is 1. The van der Waals surface area contributed by atoms with Crippen molar-refractivity contribution < 1.29 is 9.32 Å². The zero-order valence-corrected chi connectivity index (χ0v) is 14.6. The Morgan fingerprint density at radius 1 is 1.15 bits per heavy atom. The number of nitrogens with one attached hydrogen (secondary N) is 1. The zero-order chi connectivity index (χ0) is 17.9. The first-order chi connectivity index (χ1) is 12.7. The molecule has 0 aliphatic carbocycles. The molecule has 6 heteroatoms. The molecule has 0 saturated heterocycles. The first kappa shape index (κ1) is 16.5. The van der Waals surface area contributed by atoms with Gasteiger partial charge in [-0.25, -0.2) is 0 Å². The average molecular weight is 348 g/mol. The largest absolute Gasteiger partial charge is 0.358 e. The number of nitrogens with zero attached hydrogens (tertiary/aromatic N) is 3. The number of benzene rings is 2. The summed E-state index contributed by atoms with van der Waals surface area (Å²) in [4.78, 5) is 19.0. The fourth-order valence-electron chi connectivity index (χ4n) is 3.37. The van der Waals surface area contributed by atoms with E-state index < -0.39 is 0 Å². The van der Waals surface area contributed by atoms with E-state index in [1.165, 1.54) is 11.1 Å². The van der Waals surface area contributed by atoms with Gasteiger partial charge in [-0.15, -0.1) is 0 Å². The van der Waals surface area contributed by atoms with E-state index in [0.717, 1.165) is 5.56 Å². The number of hydrogen-bond acceptors (Lipinski definition) is 5. The van der Waals surface area contributed by atoms with E-state index in [0.29, 0.717) is 31.2 Å². The Morgan fingerprint density at radius 2 is 1.88 bits per heavy atom. The van der Waals surface area contributed by atoms with Crippen LogP contribution in [0.2, 0.25) is 0 Å². The molecule has 2 aromatic carbocycles. The summed E-state index contributed by atoms with van der Waals surface area (Å²) < 4.78 is 5.44. The van der Waals surface area contributed by atoms with Crippen LogP contribution in [-0.4, -0.2) is 34.0 Å². The van der Waals surface area contributed by atoms with Crippen molar-refractivity contribution in [3.05, 3.63) is 71.6 Å². The minimum absolute atomic E-state index is 0.00213. The maximum Gasteiger partial charge on any atom is 0.241 e. The Balaban J connectivity index is 1.58. The Bertz CT molecular complexity index is 907. The molecule has 6 nitrogen and oxygen atoms in total. The van der Waals surface area contributed by atoms with Crippen molar-refractivity contribution in [3.8, 4) is 11.4 Å². The van der Waals surface area contributed by atoms with Gasteiger partial charge in [-0.2, -0.15) is 4.98 Å². The van der Waals surface area contributed by atoms with Crippen LogP contribution in [-0.2, 0) is 24.3 Å². The van der Waals surface area contributed by atoms with E-state index in [2.05, 4.69) is 32.5 Å². The molecular formula is C20H20N4O2. The van der Waals surface area contributed by atoms with Crippen molar-refractivity contribution >= 4 is 5.91 Å². The summed E-state index contributed by atoms with van der Waals surface area (Å²) in [6.07, 6.45) is 0.676. The van der Waals surface area contributed by atoms with E-state index in [4.69, 9.17) is 4.52 Å². The Kier molecular flexibility index (Phi) is 4.50. The predicted octanol–water partition coefficient (Wildman–Crippen LogP) is 2.41. The normalized spacial score (nSPS) is 16.9. The highest BCUT2D eigenvalue weighted by molar-refractivity contribution is 5.82. The van der Waals surface area contributed by atoms with Crippen molar-refractivity contribution in [1.29, 1.82) is 0 Å². The summed E-state index contributed by atoms with van der Waals surface area (Å²) in [6, 6.07) is 17.7. The average Bonchev–Trinajstić information content (AvgIpc) is 3.16. The molecule has 0 bridgehead atoms. The summed E-state index contributed by atoms with van der Waals surface area (Å²) in [7, 11) is 1.67. The lowest BCUT2D eigenvalue weighted by molar-refractivity contribution is -0.126.